The fourth-order valence-electron chi connectivity index (χ4n) is 3.41. The maximum Gasteiger partial charge on any atom is 0.251 e. The maximum atomic E-state index is 13.2. The van der Waals surface area contributed by atoms with E-state index in [1.165, 1.54) is 0 Å². The molecule has 1 heterocycles. The first-order valence-corrected chi connectivity index (χ1v) is 9.61. The van der Waals surface area contributed by atoms with Crippen molar-refractivity contribution in [2.75, 3.05) is 26.3 Å². The van der Waals surface area contributed by atoms with Gasteiger partial charge in [0.2, 0.25) is 5.91 Å². The summed E-state index contributed by atoms with van der Waals surface area (Å²) >= 11 is 5.98. The average Bonchev–Trinajstić information content (AvgIpc) is 2.71. The van der Waals surface area contributed by atoms with Gasteiger partial charge < -0.3 is 15.4 Å². The number of hydrogen-bond acceptors (Lipinski definition) is 3. The first-order valence-electron chi connectivity index (χ1n) is 9.23. The summed E-state index contributed by atoms with van der Waals surface area (Å²) in [5, 5.41) is 5.86. The van der Waals surface area contributed by atoms with E-state index in [1.54, 1.807) is 0 Å². The van der Waals surface area contributed by atoms with Crippen LogP contribution < -0.4 is 10.6 Å². The Hall–Kier alpha value is -2.51. The number of carbonyl (C=O) groups is 2. The third kappa shape index (κ3) is 5.52. The average molecular weight is 423 g/mol. The van der Waals surface area contributed by atoms with Crippen LogP contribution >= 0.6 is 11.6 Å². The summed E-state index contributed by atoms with van der Waals surface area (Å²) in [5.41, 5.74) is 0.593. The molecule has 1 saturated heterocycles. The van der Waals surface area contributed by atoms with Crippen LogP contribution in [0.2, 0.25) is 5.02 Å². The van der Waals surface area contributed by atoms with Crippen molar-refractivity contribution < 1.29 is 23.1 Å². The lowest BCUT2D eigenvalue weighted by atomic mass is 9.74. The van der Waals surface area contributed by atoms with Crippen molar-refractivity contribution in [3.63, 3.8) is 0 Å². The molecule has 0 aromatic heterocycles. The minimum atomic E-state index is -0.857. The predicted molar refractivity (Wildman–Crippen MR) is 105 cm³/mol. The highest BCUT2D eigenvalue weighted by Crippen LogP contribution is 2.34. The lowest BCUT2D eigenvalue weighted by Crippen LogP contribution is -2.47. The van der Waals surface area contributed by atoms with E-state index in [4.69, 9.17) is 16.3 Å². The van der Waals surface area contributed by atoms with Gasteiger partial charge in [-0.05, 0) is 42.7 Å². The molecule has 8 heteroatoms. The number of ether oxygens (including phenoxy) is 1. The van der Waals surface area contributed by atoms with E-state index < -0.39 is 23.4 Å². The van der Waals surface area contributed by atoms with E-state index in [-0.39, 0.29) is 17.5 Å². The summed E-state index contributed by atoms with van der Waals surface area (Å²) in [6, 6.07) is 10.0. The summed E-state index contributed by atoms with van der Waals surface area (Å²) in [6.45, 7) is 1.24. The lowest BCUT2D eigenvalue weighted by Gasteiger charge is -2.38. The van der Waals surface area contributed by atoms with Crippen molar-refractivity contribution in [1.29, 1.82) is 0 Å². The van der Waals surface area contributed by atoms with E-state index in [1.807, 2.05) is 24.3 Å². The topological polar surface area (TPSA) is 67.4 Å². The van der Waals surface area contributed by atoms with E-state index in [0.29, 0.717) is 30.8 Å². The first-order chi connectivity index (χ1) is 13.9. The van der Waals surface area contributed by atoms with Crippen molar-refractivity contribution in [1.82, 2.24) is 10.6 Å². The normalized spacial score (nSPS) is 15.6. The van der Waals surface area contributed by atoms with Gasteiger partial charge in [-0.1, -0.05) is 23.7 Å². The van der Waals surface area contributed by atoms with Crippen LogP contribution in [-0.4, -0.2) is 38.1 Å². The molecule has 2 amide bonds. The number of nitrogens with one attached hydrogen (secondary N) is 2. The molecule has 2 N–H and O–H groups in total. The fraction of sp³-hybridized carbons (Fsp3) is 0.333. The molecule has 0 spiro atoms. The summed E-state index contributed by atoms with van der Waals surface area (Å²) < 4.78 is 31.9. The van der Waals surface area contributed by atoms with Gasteiger partial charge in [0.1, 0.15) is 11.6 Å². The Balaban J connectivity index is 1.59. The molecular weight excluding hydrogens is 402 g/mol. The quantitative estimate of drug-likeness (QED) is 0.751. The first kappa shape index (κ1) is 21.2. The Kier molecular flexibility index (Phi) is 6.82. The number of halogens is 3. The summed E-state index contributed by atoms with van der Waals surface area (Å²) in [5.74, 6) is -2.83. The van der Waals surface area contributed by atoms with Crippen LogP contribution in [0.5, 0.6) is 0 Å². The van der Waals surface area contributed by atoms with Gasteiger partial charge in [0.25, 0.3) is 5.91 Å². The molecule has 1 aliphatic heterocycles. The Bertz CT molecular complexity index is 864. The largest absolute Gasteiger partial charge is 0.381 e. The molecule has 1 aliphatic rings. The molecule has 29 heavy (non-hydrogen) atoms. The minimum Gasteiger partial charge on any atom is -0.381 e. The second kappa shape index (κ2) is 9.33. The van der Waals surface area contributed by atoms with Crippen LogP contribution in [-0.2, 0) is 14.9 Å². The lowest BCUT2D eigenvalue weighted by molar-refractivity contribution is -0.120. The molecule has 5 nitrogen and oxygen atoms in total. The van der Waals surface area contributed by atoms with Gasteiger partial charge in [0.15, 0.2) is 0 Å². The second-order valence-corrected chi connectivity index (χ2v) is 7.45. The number of rotatable bonds is 6. The van der Waals surface area contributed by atoms with Crippen LogP contribution in [0.25, 0.3) is 0 Å². The van der Waals surface area contributed by atoms with E-state index >= 15 is 0 Å². The number of hydrogen-bond donors (Lipinski definition) is 2. The molecule has 2 aromatic carbocycles. The van der Waals surface area contributed by atoms with Crippen LogP contribution in [0.3, 0.4) is 0 Å². The van der Waals surface area contributed by atoms with Crippen molar-refractivity contribution >= 4 is 23.4 Å². The van der Waals surface area contributed by atoms with Gasteiger partial charge in [0.05, 0.1) is 6.54 Å². The van der Waals surface area contributed by atoms with Gasteiger partial charge >= 0.3 is 0 Å². The van der Waals surface area contributed by atoms with Gasteiger partial charge in [0, 0.05) is 41.8 Å². The van der Waals surface area contributed by atoms with Crippen molar-refractivity contribution in [3.8, 4) is 0 Å². The smallest absolute Gasteiger partial charge is 0.251 e. The van der Waals surface area contributed by atoms with Crippen LogP contribution in [0.15, 0.2) is 42.5 Å². The third-order valence-electron chi connectivity index (χ3n) is 5.06. The number of carbonyl (C=O) groups excluding carboxylic acids is 2. The Morgan fingerprint density at radius 2 is 1.62 bits per heavy atom. The zero-order chi connectivity index (χ0) is 20.9. The second-order valence-electron chi connectivity index (χ2n) is 7.02. The van der Waals surface area contributed by atoms with Crippen LogP contribution in [0.1, 0.15) is 28.8 Å². The van der Waals surface area contributed by atoms with Gasteiger partial charge in [-0.25, -0.2) is 8.78 Å². The molecule has 2 aromatic rings. The van der Waals surface area contributed by atoms with Crippen molar-refractivity contribution in [3.05, 3.63) is 70.2 Å². The SMILES string of the molecule is O=C(CNC(=O)c1cc(F)cc(F)c1)NCC1(c2ccc(Cl)cc2)CCOCC1. The van der Waals surface area contributed by atoms with Crippen molar-refractivity contribution in [2.45, 2.75) is 18.3 Å². The van der Waals surface area contributed by atoms with Crippen LogP contribution in [0, 0.1) is 11.6 Å². The summed E-state index contributed by atoms with van der Waals surface area (Å²) in [4.78, 5) is 24.3. The predicted octanol–water partition coefficient (Wildman–Crippen LogP) is 3.21. The summed E-state index contributed by atoms with van der Waals surface area (Å²) in [7, 11) is 0. The standard InChI is InChI=1S/C21H21ClF2N2O3/c22-16-3-1-15(2-4-16)21(5-7-29-8-6-21)13-26-19(27)12-25-20(28)14-9-17(23)11-18(24)10-14/h1-4,9-11H,5-8,12-13H2,(H,25,28)(H,26,27). The minimum absolute atomic E-state index is 0.183. The fourth-order valence-corrected chi connectivity index (χ4v) is 3.54. The number of benzene rings is 2. The third-order valence-corrected chi connectivity index (χ3v) is 5.32. The highest BCUT2D eigenvalue weighted by Gasteiger charge is 2.34. The molecule has 0 aliphatic carbocycles. The Labute approximate surface area is 172 Å². The highest BCUT2D eigenvalue weighted by atomic mass is 35.5. The number of amides is 2. The Morgan fingerprint density at radius 3 is 2.24 bits per heavy atom. The van der Waals surface area contributed by atoms with Crippen LogP contribution in [0.4, 0.5) is 8.78 Å². The molecule has 3 rings (SSSR count). The molecule has 1 fully saturated rings. The molecule has 154 valence electrons. The molecular formula is C21H21ClF2N2O3. The van der Waals surface area contributed by atoms with Gasteiger partial charge in [-0.3, -0.25) is 9.59 Å². The molecule has 0 saturated carbocycles. The zero-order valence-electron chi connectivity index (χ0n) is 15.6. The molecule has 0 radical (unpaired) electrons. The van der Waals surface area contributed by atoms with Gasteiger partial charge in [-0.2, -0.15) is 0 Å². The van der Waals surface area contributed by atoms with E-state index in [2.05, 4.69) is 10.6 Å². The highest BCUT2D eigenvalue weighted by molar-refractivity contribution is 6.30. The Morgan fingerprint density at radius 1 is 1.00 bits per heavy atom. The zero-order valence-corrected chi connectivity index (χ0v) is 16.4. The van der Waals surface area contributed by atoms with E-state index in [0.717, 1.165) is 30.5 Å². The molecule has 0 unspecified atom stereocenters. The summed E-state index contributed by atoms with van der Waals surface area (Å²) in [6.07, 6.45) is 1.48. The molecule has 0 atom stereocenters. The van der Waals surface area contributed by atoms with Gasteiger partial charge in [-0.15, -0.1) is 0 Å². The monoisotopic (exact) mass is 422 g/mol. The van der Waals surface area contributed by atoms with Crippen molar-refractivity contribution in [2.24, 2.45) is 0 Å². The van der Waals surface area contributed by atoms with E-state index in [9.17, 15) is 18.4 Å². The maximum absolute atomic E-state index is 13.2. The molecule has 0 bridgehead atoms.